The molecule has 1 aliphatic rings. The van der Waals surface area contributed by atoms with Gasteiger partial charge in [-0.25, -0.2) is 4.68 Å². The second-order valence-electron chi connectivity index (χ2n) is 5.32. The molecule has 0 radical (unpaired) electrons. The maximum atomic E-state index is 9.17. The fraction of sp³-hybridized carbons (Fsp3) is 0.438. The minimum absolute atomic E-state index is 0.0796. The summed E-state index contributed by atoms with van der Waals surface area (Å²) < 4.78 is 13.1. The lowest BCUT2D eigenvalue weighted by molar-refractivity contribution is 0.103. The molecule has 0 aliphatic carbocycles. The molecule has 1 saturated heterocycles. The molecule has 0 amide bonds. The van der Waals surface area contributed by atoms with Gasteiger partial charge in [-0.1, -0.05) is 22.9 Å². The molecule has 1 fully saturated rings. The van der Waals surface area contributed by atoms with E-state index in [2.05, 4.69) is 16.4 Å². The van der Waals surface area contributed by atoms with E-state index in [1.54, 1.807) is 4.68 Å². The number of nitriles is 1. The molecule has 1 aromatic carbocycles. The molecule has 1 aromatic heterocycles. The van der Waals surface area contributed by atoms with E-state index in [4.69, 9.17) is 14.7 Å². The summed E-state index contributed by atoms with van der Waals surface area (Å²) in [7, 11) is 0. The normalized spacial score (nSPS) is 17.4. The number of aryl methyl sites for hydroxylation is 1. The molecule has 2 heterocycles. The van der Waals surface area contributed by atoms with Crippen molar-refractivity contribution >= 4 is 0 Å². The van der Waals surface area contributed by atoms with Crippen molar-refractivity contribution in [2.75, 3.05) is 13.2 Å². The highest BCUT2D eigenvalue weighted by atomic mass is 16.5. The van der Waals surface area contributed by atoms with Gasteiger partial charge in [-0.3, -0.25) is 0 Å². The molecule has 0 N–H and O–H groups in total. The standard InChI is InChI=1S/C16H18N4O2/c1-12-4-6-13(7-5-12)21-10-8-20-16(14(11-17)18-19-20)15-3-2-9-22-15/h4-7,15H,2-3,8-10H2,1H3. The molecule has 22 heavy (non-hydrogen) atoms. The van der Waals surface area contributed by atoms with E-state index in [0.717, 1.165) is 30.9 Å². The summed E-state index contributed by atoms with van der Waals surface area (Å²) in [5.74, 6) is 0.824. The highest BCUT2D eigenvalue weighted by Crippen LogP contribution is 2.29. The van der Waals surface area contributed by atoms with Gasteiger partial charge in [0.1, 0.15) is 30.2 Å². The van der Waals surface area contributed by atoms with E-state index in [9.17, 15) is 0 Å². The first-order chi connectivity index (χ1) is 10.8. The Morgan fingerprint density at radius 1 is 1.41 bits per heavy atom. The first-order valence-electron chi connectivity index (χ1n) is 7.42. The number of rotatable bonds is 5. The predicted molar refractivity (Wildman–Crippen MR) is 79.3 cm³/mol. The summed E-state index contributed by atoms with van der Waals surface area (Å²) in [4.78, 5) is 0. The highest BCUT2D eigenvalue weighted by Gasteiger charge is 2.26. The van der Waals surface area contributed by atoms with Gasteiger partial charge in [0.2, 0.25) is 0 Å². The zero-order valence-corrected chi connectivity index (χ0v) is 12.5. The van der Waals surface area contributed by atoms with E-state index in [0.29, 0.717) is 18.8 Å². The molecule has 0 bridgehead atoms. The highest BCUT2D eigenvalue weighted by molar-refractivity contribution is 5.27. The average molecular weight is 298 g/mol. The molecule has 114 valence electrons. The third kappa shape index (κ3) is 3.10. The molecule has 1 atom stereocenters. The zero-order chi connectivity index (χ0) is 15.4. The largest absolute Gasteiger partial charge is 0.492 e. The van der Waals surface area contributed by atoms with Crippen LogP contribution in [0.2, 0.25) is 0 Å². The van der Waals surface area contributed by atoms with Crippen molar-refractivity contribution < 1.29 is 9.47 Å². The van der Waals surface area contributed by atoms with Crippen LogP contribution >= 0.6 is 0 Å². The van der Waals surface area contributed by atoms with Crippen LogP contribution in [-0.2, 0) is 11.3 Å². The zero-order valence-electron chi connectivity index (χ0n) is 12.5. The minimum atomic E-state index is -0.0796. The van der Waals surface area contributed by atoms with Crippen LogP contribution in [0.5, 0.6) is 5.75 Å². The van der Waals surface area contributed by atoms with Gasteiger partial charge >= 0.3 is 0 Å². The second kappa shape index (κ2) is 6.58. The molecule has 1 aliphatic heterocycles. The first-order valence-corrected chi connectivity index (χ1v) is 7.42. The lowest BCUT2D eigenvalue weighted by Crippen LogP contribution is -2.15. The van der Waals surface area contributed by atoms with Gasteiger partial charge in [0.05, 0.1) is 6.54 Å². The van der Waals surface area contributed by atoms with Crippen LogP contribution < -0.4 is 4.74 Å². The summed E-state index contributed by atoms with van der Waals surface area (Å²) in [6.07, 6.45) is 1.82. The van der Waals surface area contributed by atoms with Crippen molar-refractivity contribution in [1.29, 1.82) is 5.26 Å². The van der Waals surface area contributed by atoms with Crippen LogP contribution in [0.25, 0.3) is 0 Å². The molecule has 3 rings (SSSR count). The maximum Gasteiger partial charge on any atom is 0.188 e. The number of nitrogens with zero attached hydrogens (tertiary/aromatic N) is 4. The Bertz CT molecular complexity index is 666. The summed E-state index contributed by atoms with van der Waals surface area (Å²) in [6.45, 7) is 3.77. The van der Waals surface area contributed by atoms with E-state index in [-0.39, 0.29) is 6.10 Å². The Kier molecular flexibility index (Phi) is 4.35. The third-order valence-electron chi connectivity index (χ3n) is 3.71. The summed E-state index contributed by atoms with van der Waals surface area (Å²) in [5.41, 5.74) is 2.32. The molecule has 2 aromatic rings. The van der Waals surface area contributed by atoms with Crippen LogP contribution in [0.3, 0.4) is 0 Å². The lowest BCUT2D eigenvalue weighted by Gasteiger charge is -2.12. The number of ether oxygens (including phenoxy) is 2. The Hall–Kier alpha value is -2.39. The first kappa shape index (κ1) is 14.5. The summed E-state index contributed by atoms with van der Waals surface area (Å²) in [6, 6.07) is 10.00. The number of hydrogen-bond donors (Lipinski definition) is 0. The van der Waals surface area contributed by atoms with Crippen molar-refractivity contribution in [3.63, 3.8) is 0 Å². The van der Waals surface area contributed by atoms with Crippen molar-refractivity contribution in [2.24, 2.45) is 0 Å². The minimum Gasteiger partial charge on any atom is -0.492 e. The van der Waals surface area contributed by atoms with Crippen molar-refractivity contribution in [3.8, 4) is 11.8 Å². The number of aromatic nitrogens is 3. The quantitative estimate of drug-likeness (QED) is 0.847. The molecule has 0 spiro atoms. The van der Waals surface area contributed by atoms with Crippen molar-refractivity contribution in [1.82, 2.24) is 15.0 Å². The van der Waals surface area contributed by atoms with Gasteiger partial charge in [0.25, 0.3) is 0 Å². The average Bonchev–Trinajstić information content (AvgIpc) is 3.17. The smallest absolute Gasteiger partial charge is 0.188 e. The van der Waals surface area contributed by atoms with Crippen LogP contribution in [0.1, 0.15) is 35.9 Å². The Morgan fingerprint density at radius 3 is 2.91 bits per heavy atom. The van der Waals surface area contributed by atoms with Gasteiger partial charge in [0, 0.05) is 6.61 Å². The molecule has 6 heteroatoms. The van der Waals surface area contributed by atoms with Crippen molar-refractivity contribution in [2.45, 2.75) is 32.4 Å². The van der Waals surface area contributed by atoms with E-state index in [1.165, 1.54) is 5.56 Å². The second-order valence-corrected chi connectivity index (χ2v) is 5.32. The van der Waals surface area contributed by atoms with Crippen molar-refractivity contribution in [3.05, 3.63) is 41.2 Å². The van der Waals surface area contributed by atoms with E-state index >= 15 is 0 Å². The SMILES string of the molecule is Cc1ccc(OCCn2nnc(C#N)c2C2CCCO2)cc1. The monoisotopic (exact) mass is 298 g/mol. The van der Waals surface area contributed by atoms with Crippen LogP contribution in [-0.4, -0.2) is 28.2 Å². The molecule has 1 unspecified atom stereocenters. The molecule has 6 nitrogen and oxygen atoms in total. The summed E-state index contributed by atoms with van der Waals surface area (Å²) in [5, 5.41) is 17.2. The fourth-order valence-corrected chi connectivity index (χ4v) is 2.56. The number of benzene rings is 1. The van der Waals surface area contributed by atoms with E-state index < -0.39 is 0 Å². The van der Waals surface area contributed by atoms with Gasteiger partial charge in [-0.15, -0.1) is 5.10 Å². The topological polar surface area (TPSA) is 73.0 Å². The molecule has 0 saturated carbocycles. The van der Waals surface area contributed by atoms with Gasteiger partial charge in [0.15, 0.2) is 5.69 Å². The van der Waals surface area contributed by atoms with Crippen LogP contribution in [0, 0.1) is 18.3 Å². The van der Waals surface area contributed by atoms with Gasteiger partial charge in [-0.05, 0) is 31.9 Å². The predicted octanol–water partition coefficient (Wildman–Crippen LogP) is 2.39. The maximum absolute atomic E-state index is 9.17. The van der Waals surface area contributed by atoms with Gasteiger partial charge in [-0.2, -0.15) is 5.26 Å². The third-order valence-corrected chi connectivity index (χ3v) is 3.71. The molecular weight excluding hydrogens is 280 g/mol. The van der Waals surface area contributed by atoms with Gasteiger partial charge < -0.3 is 9.47 Å². The van der Waals surface area contributed by atoms with Crippen LogP contribution in [0.4, 0.5) is 0 Å². The lowest BCUT2D eigenvalue weighted by atomic mass is 10.1. The van der Waals surface area contributed by atoms with E-state index in [1.807, 2.05) is 31.2 Å². The number of hydrogen-bond acceptors (Lipinski definition) is 5. The van der Waals surface area contributed by atoms with Crippen LogP contribution in [0.15, 0.2) is 24.3 Å². The summed E-state index contributed by atoms with van der Waals surface area (Å²) >= 11 is 0. The molecular formula is C16H18N4O2. The Morgan fingerprint density at radius 2 is 2.23 bits per heavy atom. The Balaban J connectivity index is 1.66. The fourth-order valence-electron chi connectivity index (χ4n) is 2.56. The Labute approximate surface area is 129 Å².